The molecule has 2 aromatic carbocycles. The number of methoxy groups -OCH3 is 1. The molecule has 0 bridgehead atoms. The number of hydrogen-bond acceptors (Lipinski definition) is 5. The summed E-state index contributed by atoms with van der Waals surface area (Å²) in [6.07, 6.45) is 0.424. The zero-order chi connectivity index (χ0) is 18.4. The molecule has 0 aliphatic heterocycles. The molecular weight excluding hydrogens is 548 g/mol. The monoisotopic (exact) mass is 567 g/mol. The second-order valence-corrected chi connectivity index (χ2v) is 7.55. The van der Waals surface area contributed by atoms with E-state index < -0.39 is 6.04 Å². The van der Waals surface area contributed by atoms with Crippen molar-refractivity contribution in [3.63, 3.8) is 0 Å². The summed E-state index contributed by atoms with van der Waals surface area (Å²) in [5.74, 6) is 1.90. The van der Waals surface area contributed by atoms with Gasteiger partial charge in [-0.1, -0.05) is 0 Å². The van der Waals surface area contributed by atoms with Crippen molar-refractivity contribution in [1.29, 1.82) is 0 Å². The van der Waals surface area contributed by atoms with Crippen LogP contribution in [0.25, 0.3) is 0 Å². The Bertz CT molecular complexity index is 711. The molecule has 0 aromatic heterocycles. The van der Waals surface area contributed by atoms with E-state index in [-0.39, 0.29) is 5.97 Å². The summed E-state index contributed by atoms with van der Waals surface area (Å²) in [7, 11) is 1.63. The van der Waals surface area contributed by atoms with Crippen LogP contribution in [0.2, 0.25) is 0 Å². The molecule has 25 heavy (non-hydrogen) atoms. The molecule has 0 unspecified atom stereocenters. The number of carbonyl (C=O) groups excluding carboxylic acids is 1. The van der Waals surface area contributed by atoms with E-state index in [1.165, 1.54) is 0 Å². The van der Waals surface area contributed by atoms with Crippen LogP contribution in [-0.4, -0.2) is 25.7 Å². The van der Waals surface area contributed by atoms with Gasteiger partial charge < -0.3 is 19.9 Å². The maximum atomic E-state index is 11.7. The Labute approximate surface area is 174 Å². The highest BCUT2D eigenvalue weighted by molar-refractivity contribution is 14.1. The van der Waals surface area contributed by atoms with Crippen LogP contribution in [0.3, 0.4) is 0 Å². The Hall–Kier alpha value is -1.07. The van der Waals surface area contributed by atoms with Gasteiger partial charge in [0.2, 0.25) is 0 Å². The van der Waals surface area contributed by atoms with Gasteiger partial charge in [-0.2, -0.15) is 0 Å². The lowest BCUT2D eigenvalue weighted by atomic mass is 10.1. The highest BCUT2D eigenvalue weighted by Gasteiger charge is 2.17. The second kappa shape index (κ2) is 9.58. The first-order chi connectivity index (χ1) is 11.9. The Morgan fingerprint density at radius 1 is 1.12 bits per heavy atom. The van der Waals surface area contributed by atoms with Crippen LogP contribution in [0.5, 0.6) is 17.2 Å². The van der Waals surface area contributed by atoms with E-state index in [0.717, 1.165) is 30.0 Å². The van der Waals surface area contributed by atoms with E-state index >= 15 is 0 Å². The first-order valence-electron chi connectivity index (χ1n) is 7.66. The lowest BCUT2D eigenvalue weighted by molar-refractivity contribution is -0.144. The Kier molecular flexibility index (Phi) is 7.76. The van der Waals surface area contributed by atoms with Gasteiger partial charge in [0, 0.05) is 0 Å². The number of carbonyl (C=O) groups is 1. The fraction of sp³-hybridized carbons (Fsp3) is 0.278. The third kappa shape index (κ3) is 5.71. The van der Waals surface area contributed by atoms with Gasteiger partial charge in [0.1, 0.15) is 17.5 Å². The van der Waals surface area contributed by atoms with Gasteiger partial charge in [-0.15, -0.1) is 0 Å². The number of halogens is 2. The summed E-state index contributed by atoms with van der Waals surface area (Å²) in [4.78, 5) is 11.7. The maximum absolute atomic E-state index is 11.7. The summed E-state index contributed by atoms with van der Waals surface area (Å²) in [6.45, 7) is 2.10. The molecule has 0 fully saturated rings. The Morgan fingerprint density at radius 3 is 2.20 bits per heavy atom. The third-order valence-electron chi connectivity index (χ3n) is 3.38. The topological polar surface area (TPSA) is 70.8 Å². The van der Waals surface area contributed by atoms with Crippen molar-refractivity contribution < 1.29 is 19.0 Å². The summed E-state index contributed by atoms with van der Waals surface area (Å²) < 4.78 is 18.0. The van der Waals surface area contributed by atoms with Crippen LogP contribution in [-0.2, 0) is 16.0 Å². The quantitative estimate of drug-likeness (QED) is 0.403. The van der Waals surface area contributed by atoms with Gasteiger partial charge in [0.25, 0.3) is 0 Å². The first kappa shape index (κ1) is 20.2. The lowest BCUT2D eigenvalue weighted by Gasteiger charge is -2.14. The molecule has 134 valence electrons. The minimum absolute atomic E-state index is 0.330. The van der Waals surface area contributed by atoms with E-state index in [2.05, 4.69) is 45.2 Å². The number of benzene rings is 2. The van der Waals surface area contributed by atoms with Gasteiger partial charge in [0.15, 0.2) is 5.75 Å². The largest absolute Gasteiger partial charge is 0.497 e. The predicted molar refractivity (Wildman–Crippen MR) is 113 cm³/mol. The average Bonchev–Trinajstić information content (AvgIpc) is 2.59. The molecular formula is C18H19I2NO4. The van der Waals surface area contributed by atoms with E-state index in [0.29, 0.717) is 13.0 Å². The Morgan fingerprint density at radius 2 is 1.68 bits per heavy atom. The van der Waals surface area contributed by atoms with Gasteiger partial charge >= 0.3 is 5.97 Å². The molecule has 1 atom stereocenters. The normalized spacial score (nSPS) is 11.7. The van der Waals surface area contributed by atoms with E-state index in [1.54, 1.807) is 14.0 Å². The second-order valence-electron chi connectivity index (χ2n) is 5.23. The van der Waals surface area contributed by atoms with Gasteiger partial charge in [-0.3, -0.25) is 4.79 Å². The fourth-order valence-electron chi connectivity index (χ4n) is 2.18. The van der Waals surface area contributed by atoms with Gasteiger partial charge in [0.05, 0.1) is 20.9 Å². The first-order valence-corrected chi connectivity index (χ1v) is 9.82. The lowest BCUT2D eigenvalue weighted by Crippen LogP contribution is -2.34. The minimum atomic E-state index is -0.667. The number of esters is 1. The van der Waals surface area contributed by atoms with Crippen LogP contribution in [0.4, 0.5) is 0 Å². The zero-order valence-corrected chi connectivity index (χ0v) is 18.2. The summed E-state index contributed by atoms with van der Waals surface area (Å²) >= 11 is 4.44. The fourth-order valence-corrected chi connectivity index (χ4v) is 4.29. The number of nitrogens with two attached hydrogens (primary N) is 1. The molecule has 0 radical (unpaired) electrons. The van der Waals surface area contributed by atoms with Gasteiger partial charge in [-0.25, -0.2) is 0 Å². The average molecular weight is 567 g/mol. The third-order valence-corrected chi connectivity index (χ3v) is 4.98. The molecule has 0 saturated carbocycles. The van der Waals surface area contributed by atoms with Crippen molar-refractivity contribution >= 4 is 51.2 Å². The number of hydrogen-bond donors (Lipinski definition) is 1. The Balaban J connectivity index is 2.14. The molecule has 5 nitrogen and oxygen atoms in total. The molecule has 0 aliphatic carbocycles. The standard InChI is InChI=1S/C18H19I2NO4/c1-3-24-18(22)16(21)10-11-8-14(19)17(15(20)9-11)25-13-6-4-12(23-2)5-7-13/h4-9,16H,3,10,21H2,1-2H3/t16-/m0/s1. The van der Waals surface area contributed by atoms with E-state index in [1.807, 2.05) is 36.4 Å². The summed E-state index contributed by atoms with van der Waals surface area (Å²) in [6, 6.07) is 10.7. The zero-order valence-electron chi connectivity index (χ0n) is 13.9. The smallest absolute Gasteiger partial charge is 0.323 e. The van der Waals surface area contributed by atoms with E-state index in [9.17, 15) is 4.79 Å². The highest BCUT2D eigenvalue weighted by atomic mass is 127. The van der Waals surface area contributed by atoms with Crippen molar-refractivity contribution in [2.45, 2.75) is 19.4 Å². The van der Waals surface area contributed by atoms with Crippen molar-refractivity contribution in [3.8, 4) is 17.2 Å². The molecule has 0 amide bonds. The van der Waals surface area contributed by atoms with Crippen LogP contribution in [0.15, 0.2) is 36.4 Å². The molecule has 7 heteroatoms. The van der Waals surface area contributed by atoms with Gasteiger partial charge in [-0.05, 0) is 100 Å². The number of ether oxygens (including phenoxy) is 3. The van der Waals surface area contributed by atoms with Crippen LogP contribution >= 0.6 is 45.2 Å². The highest BCUT2D eigenvalue weighted by Crippen LogP contribution is 2.33. The molecule has 2 aromatic rings. The number of rotatable bonds is 7. The molecule has 2 rings (SSSR count). The summed E-state index contributed by atoms with van der Waals surface area (Å²) in [5, 5.41) is 0. The van der Waals surface area contributed by atoms with Crippen molar-refractivity contribution in [3.05, 3.63) is 49.1 Å². The molecule has 2 N–H and O–H groups in total. The molecule has 0 heterocycles. The van der Waals surface area contributed by atoms with Crippen molar-refractivity contribution in [2.75, 3.05) is 13.7 Å². The van der Waals surface area contributed by atoms with Crippen molar-refractivity contribution in [1.82, 2.24) is 0 Å². The van der Waals surface area contributed by atoms with Crippen molar-refractivity contribution in [2.24, 2.45) is 5.73 Å². The van der Waals surface area contributed by atoms with Crippen LogP contribution in [0, 0.1) is 7.14 Å². The van der Waals surface area contributed by atoms with Crippen LogP contribution in [0.1, 0.15) is 12.5 Å². The molecule has 0 aliphatic rings. The minimum Gasteiger partial charge on any atom is -0.497 e. The van der Waals surface area contributed by atoms with E-state index in [4.69, 9.17) is 19.9 Å². The summed E-state index contributed by atoms with van der Waals surface area (Å²) in [5.41, 5.74) is 6.87. The maximum Gasteiger partial charge on any atom is 0.323 e. The predicted octanol–water partition coefficient (Wildman–Crippen LogP) is 4.13. The van der Waals surface area contributed by atoms with Crippen LogP contribution < -0.4 is 15.2 Å². The SMILES string of the molecule is CCOC(=O)[C@@H](N)Cc1cc(I)c(Oc2ccc(OC)cc2)c(I)c1. The molecule has 0 saturated heterocycles. The molecule has 0 spiro atoms.